The van der Waals surface area contributed by atoms with Gasteiger partial charge >= 0.3 is 6.16 Å². The van der Waals surface area contributed by atoms with Crippen LogP contribution in [0.2, 0.25) is 0 Å². The number of nitriles is 1. The number of methoxy groups -OCH3 is 1. The molecule has 0 aromatic carbocycles. The molecule has 1 aliphatic rings. The molecule has 7 nitrogen and oxygen atoms in total. The molecule has 2 aromatic heterocycles. The second-order valence-electron chi connectivity index (χ2n) is 5.59. The highest BCUT2D eigenvalue weighted by atomic mass is 32.1. The summed E-state index contributed by atoms with van der Waals surface area (Å²) in [6.45, 7) is 0. The molecule has 3 rings (SSSR count). The number of nitrogens with one attached hydrogen (secondary N) is 1. The number of rotatable bonds is 4. The van der Waals surface area contributed by atoms with Gasteiger partial charge in [-0.05, 0) is 36.6 Å². The fourth-order valence-corrected chi connectivity index (χ4v) is 4.01. The number of hydrogen-bond acceptors (Lipinski definition) is 7. The number of carbonyl (C=O) groups excluding carboxylic acids is 2. The van der Waals surface area contributed by atoms with Gasteiger partial charge in [-0.2, -0.15) is 5.26 Å². The molecule has 2 aromatic rings. The standard InChI is InChI=1S/C18H16N2O5S/c1-23-18(22)25-12-4-6-13-14(10-19)17(26-15(13)9-12)20-16(21)7-5-11-3-2-8-24-11/h2-3,5,7-8,12H,4,6,9H2,1H3,(H,20,21)/b7-5+. The van der Waals surface area contributed by atoms with Gasteiger partial charge in [0.25, 0.3) is 0 Å². The van der Waals surface area contributed by atoms with E-state index in [0.29, 0.717) is 35.6 Å². The summed E-state index contributed by atoms with van der Waals surface area (Å²) in [6.07, 6.45) is 5.13. The Morgan fingerprint density at radius 1 is 1.50 bits per heavy atom. The van der Waals surface area contributed by atoms with E-state index >= 15 is 0 Å². The second-order valence-corrected chi connectivity index (χ2v) is 6.70. The van der Waals surface area contributed by atoms with Gasteiger partial charge in [-0.1, -0.05) is 0 Å². The predicted octanol–water partition coefficient (Wildman–Crippen LogP) is 3.50. The summed E-state index contributed by atoms with van der Waals surface area (Å²) >= 11 is 1.33. The normalized spacial score (nSPS) is 15.9. The topological polar surface area (TPSA) is 102 Å². The third kappa shape index (κ3) is 3.95. The van der Waals surface area contributed by atoms with E-state index in [9.17, 15) is 14.9 Å². The number of furan rings is 1. The highest BCUT2D eigenvalue weighted by Crippen LogP contribution is 2.38. The quantitative estimate of drug-likeness (QED) is 0.651. The van der Waals surface area contributed by atoms with Crippen LogP contribution in [0.3, 0.4) is 0 Å². The molecule has 0 spiro atoms. The maximum Gasteiger partial charge on any atom is 0.508 e. The van der Waals surface area contributed by atoms with Crippen molar-refractivity contribution in [2.24, 2.45) is 0 Å². The Morgan fingerprint density at radius 3 is 3.04 bits per heavy atom. The van der Waals surface area contributed by atoms with Crippen molar-refractivity contribution in [2.45, 2.75) is 25.4 Å². The summed E-state index contributed by atoms with van der Waals surface area (Å²) in [5.41, 5.74) is 1.38. The Balaban J connectivity index is 1.72. The molecule has 0 aliphatic heterocycles. The molecule has 0 saturated carbocycles. The second kappa shape index (κ2) is 7.89. The summed E-state index contributed by atoms with van der Waals surface area (Å²) in [4.78, 5) is 24.3. The van der Waals surface area contributed by atoms with Crippen molar-refractivity contribution in [3.8, 4) is 6.07 Å². The summed E-state index contributed by atoms with van der Waals surface area (Å²) in [5.74, 6) is 0.216. The number of ether oxygens (including phenoxy) is 2. The Bertz CT molecular complexity index is 876. The number of carbonyl (C=O) groups is 2. The highest BCUT2D eigenvalue weighted by Gasteiger charge is 2.28. The lowest BCUT2D eigenvalue weighted by molar-refractivity contribution is -0.111. The number of hydrogen-bond donors (Lipinski definition) is 1. The van der Waals surface area contributed by atoms with E-state index in [1.54, 1.807) is 18.2 Å². The van der Waals surface area contributed by atoms with E-state index in [0.717, 1.165) is 10.4 Å². The molecule has 8 heteroatoms. The van der Waals surface area contributed by atoms with E-state index in [1.807, 2.05) is 0 Å². The molecule has 1 aliphatic carbocycles. The molecule has 1 atom stereocenters. The third-order valence-electron chi connectivity index (χ3n) is 3.94. The fraction of sp³-hybridized carbons (Fsp3) is 0.278. The number of amides is 1. The van der Waals surface area contributed by atoms with Crippen LogP contribution >= 0.6 is 11.3 Å². The molecule has 0 bridgehead atoms. The molecule has 26 heavy (non-hydrogen) atoms. The maximum atomic E-state index is 12.1. The number of nitrogens with zero attached hydrogens (tertiary/aromatic N) is 1. The zero-order valence-electron chi connectivity index (χ0n) is 14.0. The zero-order chi connectivity index (χ0) is 18.5. The van der Waals surface area contributed by atoms with Crippen LogP contribution in [0, 0.1) is 11.3 Å². The third-order valence-corrected chi connectivity index (χ3v) is 5.11. The Hall–Kier alpha value is -3.05. The molecule has 1 unspecified atom stereocenters. The van der Waals surface area contributed by atoms with Gasteiger partial charge in [0, 0.05) is 17.4 Å². The van der Waals surface area contributed by atoms with Crippen LogP contribution in [0.25, 0.3) is 6.08 Å². The average molecular weight is 372 g/mol. The largest absolute Gasteiger partial charge is 0.508 e. The zero-order valence-corrected chi connectivity index (χ0v) is 14.8. The van der Waals surface area contributed by atoms with E-state index in [-0.39, 0.29) is 12.0 Å². The van der Waals surface area contributed by atoms with Gasteiger partial charge in [-0.25, -0.2) is 4.79 Å². The predicted molar refractivity (Wildman–Crippen MR) is 94.7 cm³/mol. The van der Waals surface area contributed by atoms with Crippen molar-refractivity contribution in [2.75, 3.05) is 12.4 Å². The average Bonchev–Trinajstić information content (AvgIpc) is 3.26. The van der Waals surface area contributed by atoms with Crippen molar-refractivity contribution >= 4 is 34.5 Å². The van der Waals surface area contributed by atoms with E-state index in [1.165, 1.54) is 30.8 Å². The van der Waals surface area contributed by atoms with Crippen LogP contribution < -0.4 is 5.32 Å². The summed E-state index contributed by atoms with van der Waals surface area (Å²) < 4.78 is 14.8. The van der Waals surface area contributed by atoms with Gasteiger partial charge in [-0.15, -0.1) is 11.3 Å². The van der Waals surface area contributed by atoms with Gasteiger partial charge in [0.05, 0.1) is 18.9 Å². The van der Waals surface area contributed by atoms with E-state index < -0.39 is 6.16 Å². The fourth-order valence-electron chi connectivity index (χ4n) is 2.74. The SMILES string of the molecule is COC(=O)OC1CCc2c(sc(NC(=O)/C=C/c3ccco3)c2C#N)C1. The van der Waals surface area contributed by atoms with Crippen molar-refractivity contribution in [3.05, 3.63) is 46.2 Å². The van der Waals surface area contributed by atoms with E-state index in [4.69, 9.17) is 9.15 Å². The van der Waals surface area contributed by atoms with Crippen molar-refractivity contribution in [3.63, 3.8) is 0 Å². The molecule has 2 heterocycles. The number of thiophene rings is 1. The van der Waals surface area contributed by atoms with Crippen molar-refractivity contribution in [1.29, 1.82) is 5.26 Å². The summed E-state index contributed by atoms with van der Waals surface area (Å²) in [7, 11) is 1.26. The Morgan fingerprint density at radius 2 is 2.35 bits per heavy atom. The van der Waals surface area contributed by atoms with Crippen LogP contribution in [0.4, 0.5) is 9.80 Å². The van der Waals surface area contributed by atoms with E-state index in [2.05, 4.69) is 16.1 Å². The minimum atomic E-state index is -0.716. The first-order valence-corrected chi connectivity index (χ1v) is 8.74. The lowest BCUT2D eigenvalue weighted by Gasteiger charge is -2.21. The monoisotopic (exact) mass is 372 g/mol. The number of anilines is 1. The van der Waals surface area contributed by atoms with Crippen LogP contribution in [0.5, 0.6) is 0 Å². The minimum absolute atomic E-state index is 0.289. The maximum absolute atomic E-state index is 12.1. The van der Waals surface area contributed by atoms with Crippen molar-refractivity contribution in [1.82, 2.24) is 0 Å². The molecular weight excluding hydrogens is 356 g/mol. The first kappa shape index (κ1) is 17.8. The molecule has 0 fully saturated rings. The molecule has 1 N–H and O–H groups in total. The van der Waals surface area contributed by atoms with Gasteiger partial charge in [0.1, 0.15) is 22.9 Å². The van der Waals surface area contributed by atoms with Gasteiger partial charge in [0.2, 0.25) is 5.91 Å². The van der Waals surface area contributed by atoms with Crippen LogP contribution in [-0.2, 0) is 27.1 Å². The van der Waals surface area contributed by atoms with Crippen molar-refractivity contribution < 1.29 is 23.5 Å². The minimum Gasteiger partial charge on any atom is -0.465 e. The lowest BCUT2D eigenvalue weighted by atomic mass is 9.94. The van der Waals surface area contributed by atoms with Gasteiger partial charge < -0.3 is 19.2 Å². The molecule has 0 saturated heterocycles. The number of fused-ring (bicyclic) bond motifs is 1. The smallest absolute Gasteiger partial charge is 0.465 e. The lowest BCUT2D eigenvalue weighted by Crippen LogP contribution is -2.24. The first-order valence-electron chi connectivity index (χ1n) is 7.92. The summed E-state index contributed by atoms with van der Waals surface area (Å²) in [5, 5.41) is 12.7. The van der Waals surface area contributed by atoms with Gasteiger partial charge in [-0.3, -0.25) is 4.79 Å². The van der Waals surface area contributed by atoms with Crippen LogP contribution in [0.15, 0.2) is 28.9 Å². The molecule has 0 radical (unpaired) electrons. The Kier molecular flexibility index (Phi) is 5.39. The van der Waals surface area contributed by atoms with Crippen LogP contribution in [0.1, 0.15) is 28.2 Å². The first-order chi connectivity index (χ1) is 12.6. The Labute approximate surface area is 153 Å². The van der Waals surface area contributed by atoms with Crippen LogP contribution in [-0.4, -0.2) is 25.3 Å². The van der Waals surface area contributed by atoms with Gasteiger partial charge in [0.15, 0.2) is 0 Å². The molecule has 134 valence electrons. The molecular formula is C18H16N2O5S. The molecule has 1 amide bonds. The highest BCUT2D eigenvalue weighted by molar-refractivity contribution is 7.16. The summed E-state index contributed by atoms with van der Waals surface area (Å²) in [6, 6.07) is 5.63.